The highest BCUT2D eigenvalue weighted by Gasteiger charge is 2.62. The van der Waals surface area contributed by atoms with Crippen LogP contribution in [0.2, 0.25) is 5.02 Å². The number of pyridine rings is 1. The minimum atomic E-state index is -5.19. The average molecular weight is 597 g/mol. The van der Waals surface area contributed by atoms with E-state index in [2.05, 4.69) is 9.88 Å². The number of hydrogen-bond acceptors (Lipinski definition) is 6. The molecule has 2 fully saturated rings. The lowest BCUT2D eigenvalue weighted by Crippen LogP contribution is -2.57. The zero-order valence-electron chi connectivity index (χ0n) is 23.5. The molecule has 12 heteroatoms. The minimum Gasteiger partial charge on any atom is -0.497 e. The summed E-state index contributed by atoms with van der Waals surface area (Å²) < 4.78 is 47.3. The number of carbonyl (C=O) groups is 2. The molecule has 1 aromatic carbocycles. The third-order valence-corrected chi connectivity index (χ3v) is 8.48. The topological polar surface area (TPSA) is 86.2 Å². The van der Waals surface area contributed by atoms with Crippen molar-refractivity contribution >= 4 is 29.1 Å². The van der Waals surface area contributed by atoms with E-state index in [-0.39, 0.29) is 30.4 Å². The maximum Gasteiger partial charge on any atom is 0.430 e. The SMILES string of the molecule is COc1cccc(C(O)(C(=O)N2CCC(CC3CCN(c4cnc(C(=O)N(C)C)c(Cl)c4)CC3)CC2)C(F)(F)F)c1. The van der Waals surface area contributed by atoms with Gasteiger partial charge in [0, 0.05) is 45.8 Å². The Balaban J connectivity index is 1.31. The molecule has 224 valence electrons. The van der Waals surface area contributed by atoms with Gasteiger partial charge in [0.05, 0.1) is 24.0 Å². The summed E-state index contributed by atoms with van der Waals surface area (Å²) in [4.78, 5) is 34.4. The van der Waals surface area contributed by atoms with Gasteiger partial charge in [0.1, 0.15) is 11.4 Å². The van der Waals surface area contributed by atoms with E-state index in [0.717, 1.165) is 55.1 Å². The van der Waals surface area contributed by atoms with Crippen LogP contribution in [0.5, 0.6) is 5.75 Å². The fourth-order valence-electron chi connectivity index (χ4n) is 5.73. The smallest absolute Gasteiger partial charge is 0.430 e. The lowest BCUT2D eigenvalue weighted by molar-refractivity contribution is -0.262. The Bertz CT molecular complexity index is 1240. The van der Waals surface area contributed by atoms with Gasteiger partial charge in [0.15, 0.2) is 0 Å². The zero-order valence-corrected chi connectivity index (χ0v) is 24.2. The molecular formula is C29H36ClF3N4O4. The molecule has 0 radical (unpaired) electrons. The van der Waals surface area contributed by atoms with Crippen molar-refractivity contribution in [2.45, 2.75) is 43.9 Å². The molecule has 4 rings (SSSR count). The van der Waals surface area contributed by atoms with Gasteiger partial charge >= 0.3 is 6.18 Å². The van der Waals surface area contributed by atoms with Crippen LogP contribution in [0, 0.1) is 11.8 Å². The average Bonchev–Trinajstić information content (AvgIpc) is 2.96. The Morgan fingerprint density at radius 1 is 1.07 bits per heavy atom. The molecule has 8 nitrogen and oxygen atoms in total. The van der Waals surface area contributed by atoms with Crippen molar-refractivity contribution < 1.29 is 32.6 Å². The number of methoxy groups -OCH3 is 1. The number of nitrogens with zero attached hydrogens (tertiary/aromatic N) is 4. The third-order valence-electron chi connectivity index (χ3n) is 8.19. The number of anilines is 1. The van der Waals surface area contributed by atoms with Crippen LogP contribution in [0.15, 0.2) is 36.5 Å². The highest BCUT2D eigenvalue weighted by molar-refractivity contribution is 6.33. The number of amides is 2. The Morgan fingerprint density at radius 3 is 2.22 bits per heavy atom. The van der Waals surface area contributed by atoms with Gasteiger partial charge in [-0.2, -0.15) is 13.2 Å². The summed E-state index contributed by atoms with van der Waals surface area (Å²) in [5.41, 5.74) is -3.11. The molecule has 3 heterocycles. The van der Waals surface area contributed by atoms with E-state index in [1.165, 1.54) is 24.1 Å². The molecule has 2 aromatic rings. The zero-order chi connectivity index (χ0) is 29.9. The summed E-state index contributed by atoms with van der Waals surface area (Å²) in [5, 5.41) is 11.1. The van der Waals surface area contributed by atoms with Gasteiger partial charge in [-0.3, -0.25) is 9.59 Å². The van der Waals surface area contributed by atoms with Crippen molar-refractivity contribution in [3.8, 4) is 5.75 Å². The standard InChI is InChI=1S/C29H36ClF3N4O4/c1-35(2)26(38)25-24(30)17-22(18-34-25)36-11-7-19(8-12-36)15-20-9-13-37(14-10-20)27(39)28(40,29(31,32)33)21-5-4-6-23(16-21)41-3/h4-6,16-20,40H,7-15H2,1-3H3. The van der Waals surface area contributed by atoms with E-state index >= 15 is 0 Å². The molecule has 0 aliphatic carbocycles. The fourth-order valence-corrected chi connectivity index (χ4v) is 5.97. The van der Waals surface area contributed by atoms with Crippen LogP contribution in [0.3, 0.4) is 0 Å². The predicted octanol–water partition coefficient (Wildman–Crippen LogP) is 4.74. The molecule has 1 N–H and O–H groups in total. The van der Waals surface area contributed by atoms with Gasteiger partial charge in [0.2, 0.25) is 0 Å². The van der Waals surface area contributed by atoms with Crippen LogP contribution >= 0.6 is 11.6 Å². The van der Waals surface area contributed by atoms with Gasteiger partial charge in [0.25, 0.3) is 17.4 Å². The summed E-state index contributed by atoms with van der Waals surface area (Å²) in [7, 11) is 4.60. The lowest BCUT2D eigenvalue weighted by atomic mass is 9.82. The first-order valence-corrected chi connectivity index (χ1v) is 14.1. The van der Waals surface area contributed by atoms with E-state index < -0.39 is 23.2 Å². The first-order chi connectivity index (χ1) is 19.3. The normalized spacial score (nSPS) is 18.6. The van der Waals surface area contributed by atoms with Crippen molar-refractivity contribution in [2.75, 3.05) is 52.3 Å². The first-order valence-electron chi connectivity index (χ1n) is 13.7. The molecule has 1 aromatic heterocycles. The molecule has 2 aliphatic heterocycles. The van der Waals surface area contributed by atoms with Crippen molar-refractivity contribution in [3.63, 3.8) is 0 Å². The molecule has 0 spiro atoms. The number of alkyl halides is 3. The second kappa shape index (κ2) is 12.4. The predicted molar refractivity (Wildman–Crippen MR) is 149 cm³/mol. The molecule has 0 bridgehead atoms. The molecule has 2 aliphatic rings. The van der Waals surface area contributed by atoms with Crippen molar-refractivity contribution in [1.29, 1.82) is 0 Å². The van der Waals surface area contributed by atoms with Gasteiger partial charge in [-0.25, -0.2) is 4.98 Å². The Hall–Kier alpha value is -3.05. The maximum atomic E-state index is 14.1. The van der Waals surface area contributed by atoms with Crippen LogP contribution in [0.25, 0.3) is 0 Å². The van der Waals surface area contributed by atoms with Gasteiger partial charge in [-0.15, -0.1) is 0 Å². The van der Waals surface area contributed by atoms with Crippen LogP contribution < -0.4 is 9.64 Å². The van der Waals surface area contributed by atoms with E-state index in [1.807, 2.05) is 0 Å². The summed E-state index contributed by atoms with van der Waals surface area (Å²) in [6.45, 7) is 1.93. The maximum absolute atomic E-state index is 14.1. The van der Waals surface area contributed by atoms with E-state index in [1.54, 1.807) is 26.4 Å². The molecule has 2 amide bonds. The number of piperidine rings is 2. The molecule has 1 atom stereocenters. The van der Waals surface area contributed by atoms with Gasteiger partial charge in [-0.1, -0.05) is 23.7 Å². The minimum absolute atomic E-state index is 0.124. The van der Waals surface area contributed by atoms with Crippen LogP contribution in [-0.2, 0) is 10.4 Å². The number of halogens is 4. The summed E-state index contributed by atoms with van der Waals surface area (Å²) in [6.07, 6.45) is 0.465. The number of hydrogen-bond donors (Lipinski definition) is 1. The second-order valence-electron chi connectivity index (χ2n) is 11.1. The Morgan fingerprint density at radius 2 is 1.68 bits per heavy atom. The molecular weight excluding hydrogens is 561 g/mol. The van der Waals surface area contributed by atoms with Crippen molar-refractivity contribution in [2.24, 2.45) is 11.8 Å². The number of likely N-dealkylation sites (tertiary alicyclic amines) is 1. The van der Waals surface area contributed by atoms with E-state index in [4.69, 9.17) is 16.3 Å². The number of benzene rings is 1. The number of aliphatic hydroxyl groups is 1. The van der Waals surface area contributed by atoms with E-state index in [9.17, 15) is 27.9 Å². The summed E-state index contributed by atoms with van der Waals surface area (Å²) >= 11 is 6.33. The van der Waals surface area contributed by atoms with Crippen molar-refractivity contribution in [1.82, 2.24) is 14.8 Å². The largest absolute Gasteiger partial charge is 0.497 e. The van der Waals surface area contributed by atoms with Crippen LogP contribution in [0.4, 0.5) is 18.9 Å². The number of rotatable bonds is 7. The quantitative estimate of drug-likeness (QED) is 0.497. The number of ether oxygens (including phenoxy) is 1. The number of aromatic nitrogens is 1. The third kappa shape index (κ3) is 6.56. The molecule has 0 saturated carbocycles. The van der Waals surface area contributed by atoms with Crippen molar-refractivity contribution in [3.05, 3.63) is 52.8 Å². The van der Waals surface area contributed by atoms with Crippen LogP contribution in [0.1, 0.15) is 48.2 Å². The lowest BCUT2D eigenvalue weighted by Gasteiger charge is -2.40. The second-order valence-corrected chi connectivity index (χ2v) is 11.5. The van der Waals surface area contributed by atoms with Gasteiger partial charge < -0.3 is 24.5 Å². The first kappa shape index (κ1) is 30.9. The summed E-state index contributed by atoms with van der Waals surface area (Å²) in [6, 6.07) is 6.69. The number of carbonyl (C=O) groups excluding carboxylic acids is 2. The highest BCUT2D eigenvalue weighted by atomic mass is 35.5. The Kier molecular flexibility index (Phi) is 9.38. The highest BCUT2D eigenvalue weighted by Crippen LogP contribution is 2.42. The van der Waals surface area contributed by atoms with Gasteiger partial charge in [-0.05, 0) is 62.1 Å². The molecule has 1 unspecified atom stereocenters. The van der Waals surface area contributed by atoms with E-state index in [0.29, 0.717) is 29.7 Å². The van der Waals surface area contributed by atoms with Crippen LogP contribution in [-0.4, -0.2) is 85.3 Å². The molecule has 41 heavy (non-hydrogen) atoms. The Labute approximate surface area is 243 Å². The monoisotopic (exact) mass is 596 g/mol. The summed E-state index contributed by atoms with van der Waals surface area (Å²) in [5.74, 6) is -0.732. The molecule has 2 saturated heterocycles. The fraction of sp³-hybridized carbons (Fsp3) is 0.552.